The Labute approximate surface area is 166 Å². The first-order valence-electron chi connectivity index (χ1n) is 8.85. The molecule has 150 valence electrons. The van der Waals surface area contributed by atoms with Gasteiger partial charge in [0.15, 0.2) is 11.5 Å². The van der Waals surface area contributed by atoms with Gasteiger partial charge in [-0.15, -0.1) is 0 Å². The molecule has 28 heavy (non-hydrogen) atoms. The van der Waals surface area contributed by atoms with Crippen LogP contribution in [0.25, 0.3) is 0 Å². The average molecular weight is 427 g/mol. The molecule has 0 aliphatic carbocycles. The molecule has 2 aliphatic rings. The zero-order chi connectivity index (χ0) is 19.7. The molecule has 9 heteroatoms. The summed E-state index contributed by atoms with van der Waals surface area (Å²) in [6, 6.07) is 8.64. The summed E-state index contributed by atoms with van der Waals surface area (Å²) in [6.07, 6.45) is 0.620. The Hall–Kier alpha value is -1.84. The summed E-state index contributed by atoms with van der Waals surface area (Å²) in [5, 5.41) is 0.126. The maximum Gasteiger partial charge on any atom is 0.231 e. The van der Waals surface area contributed by atoms with Crippen LogP contribution in [-0.4, -0.2) is 38.4 Å². The molecule has 1 unspecified atom stereocenters. The topological polar surface area (TPSA) is 55.8 Å². The molecule has 0 amide bonds. The second-order valence-electron chi connectivity index (χ2n) is 6.65. The highest BCUT2D eigenvalue weighted by Gasteiger charge is 2.28. The molecule has 0 aromatic heterocycles. The number of benzene rings is 2. The van der Waals surface area contributed by atoms with Gasteiger partial charge < -0.3 is 9.47 Å². The summed E-state index contributed by atoms with van der Waals surface area (Å²) in [4.78, 5) is 0. The van der Waals surface area contributed by atoms with E-state index in [1.165, 1.54) is 4.31 Å². The second-order valence-corrected chi connectivity index (χ2v) is 9.93. The third kappa shape index (κ3) is 4.11. The summed E-state index contributed by atoms with van der Waals surface area (Å²) in [7, 11) is -3.75. The zero-order valence-electron chi connectivity index (χ0n) is 14.9. The Bertz CT molecular complexity index is 984. The van der Waals surface area contributed by atoms with Crippen molar-refractivity contribution < 1.29 is 26.7 Å². The normalized spacial score (nSPS) is 20.1. The maximum atomic E-state index is 13.9. The lowest BCUT2D eigenvalue weighted by Crippen LogP contribution is -2.34. The van der Waals surface area contributed by atoms with Gasteiger partial charge in [0.05, 0.1) is 5.75 Å². The number of fused-ring (bicyclic) bond motifs is 1. The summed E-state index contributed by atoms with van der Waals surface area (Å²) >= 11 is 1.68. The van der Waals surface area contributed by atoms with Gasteiger partial charge >= 0.3 is 0 Å². The van der Waals surface area contributed by atoms with E-state index in [4.69, 9.17) is 9.47 Å². The number of thioether (sulfide) groups is 1. The van der Waals surface area contributed by atoms with Crippen molar-refractivity contribution in [2.24, 2.45) is 0 Å². The fourth-order valence-corrected chi connectivity index (χ4v) is 6.24. The smallest absolute Gasteiger partial charge is 0.231 e. The Morgan fingerprint density at radius 3 is 2.75 bits per heavy atom. The van der Waals surface area contributed by atoms with E-state index in [2.05, 4.69) is 0 Å². The largest absolute Gasteiger partial charge is 0.454 e. The highest BCUT2D eigenvalue weighted by atomic mass is 32.2. The lowest BCUT2D eigenvalue weighted by Gasteiger charge is -2.20. The monoisotopic (exact) mass is 427 g/mol. The van der Waals surface area contributed by atoms with Crippen LogP contribution in [0.1, 0.15) is 22.8 Å². The minimum absolute atomic E-state index is 0.126. The molecular formula is C19H19F2NO4S2. The Morgan fingerprint density at radius 1 is 1.07 bits per heavy atom. The van der Waals surface area contributed by atoms with Crippen LogP contribution in [0.4, 0.5) is 8.78 Å². The minimum atomic E-state index is -3.75. The Morgan fingerprint density at radius 2 is 1.89 bits per heavy atom. The molecule has 0 spiro atoms. The summed E-state index contributed by atoms with van der Waals surface area (Å²) in [5.74, 6) is 0.116. The van der Waals surface area contributed by atoms with E-state index in [1.54, 1.807) is 11.8 Å². The Balaban J connectivity index is 1.46. The first kappa shape index (κ1) is 19.5. The van der Waals surface area contributed by atoms with Crippen molar-refractivity contribution in [3.63, 3.8) is 0 Å². The van der Waals surface area contributed by atoms with E-state index in [1.807, 2.05) is 18.2 Å². The van der Waals surface area contributed by atoms with Crippen LogP contribution in [0.5, 0.6) is 11.5 Å². The number of ether oxygens (including phenoxy) is 2. The van der Waals surface area contributed by atoms with Crippen LogP contribution < -0.4 is 9.47 Å². The van der Waals surface area contributed by atoms with E-state index >= 15 is 0 Å². The molecular weight excluding hydrogens is 408 g/mol. The molecule has 1 fully saturated rings. The predicted molar refractivity (Wildman–Crippen MR) is 103 cm³/mol. The summed E-state index contributed by atoms with van der Waals surface area (Å²) < 4.78 is 64.9. The lowest BCUT2D eigenvalue weighted by atomic mass is 10.1. The SMILES string of the molecule is O=S(=O)(Cc1cc(F)ccc1F)N1CCSC(c2ccc3c(c2)OCO3)CC1. The van der Waals surface area contributed by atoms with Crippen molar-refractivity contribution in [1.29, 1.82) is 0 Å². The van der Waals surface area contributed by atoms with Crippen molar-refractivity contribution in [2.75, 3.05) is 25.6 Å². The number of hydrogen-bond donors (Lipinski definition) is 0. The lowest BCUT2D eigenvalue weighted by molar-refractivity contribution is 0.174. The molecule has 0 radical (unpaired) electrons. The van der Waals surface area contributed by atoms with Gasteiger partial charge in [-0.1, -0.05) is 6.07 Å². The van der Waals surface area contributed by atoms with Crippen molar-refractivity contribution >= 4 is 21.8 Å². The molecule has 1 atom stereocenters. The molecule has 5 nitrogen and oxygen atoms in total. The first-order valence-corrected chi connectivity index (χ1v) is 11.5. The third-order valence-corrected chi connectivity index (χ3v) is 7.96. The van der Waals surface area contributed by atoms with Crippen LogP contribution in [0, 0.1) is 11.6 Å². The zero-order valence-corrected chi connectivity index (χ0v) is 16.6. The quantitative estimate of drug-likeness (QED) is 0.745. The van der Waals surface area contributed by atoms with E-state index in [9.17, 15) is 17.2 Å². The molecule has 2 heterocycles. The molecule has 1 saturated heterocycles. The number of halogens is 2. The highest BCUT2D eigenvalue weighted by molar-refractivity contribution is 7.99. The number of rotatable bonds is 4. The van der Waals surface area contributed by atoms with Crippen LogP contribution in [-0.2, 0) is 15.8 Å². The van der Waals surface area contributed by atoms with Crippen LogP contribution in [0.2, 0.25) is 0 Å². The maximum absolute atomic E-state index is 13.9. The van der Waals surface area contributed by atoms with Gasteiger partial charge in [-0.25, -0.2) is 21.5 Å². The van der Waals surface area contributed by atoms with Gasteiger partial charge in [-0.3, -0.25) is 0 Å². The van der Waals surface area contributed by atoms with Crippen molar-refractivity contribution in [1.82, 2.24) is 4.31 Å². The standard InChI is InChI=1S/C19H19F2NO4S2/c20-15-2-3-16(21)14(9-15)11-28(23,24)22-6-5-19(27-8-7-22)13-1-4-17-18(10-13)26-12-25-17/h1-4,9-10,19H,5-8,11-12H2. The van der Waals surface area contributed by atoms with Gasteiger partial charge in [0.25, 0.3) is 0 Å². The summed E-state index contributed by atoms with van der Waals surface area (Å²) in [6.45, 7) is 0.871. The minimum Gasteiger partial charge on any atom is -0.454 e. The molecule has 2 aromatic rings. The van der Waals surface area contributed by atoms with Crippen LogP contribution in [0.15, 0.2) is 36.4 Å². The van der Waals surface area contributed by atoms with Crippen molar-refractivity contribution in [3.8, 4) is 11.5 Å². The molecule has 0 bridgehead atoms. The molecule has 4 rings (SSSR count). The fraction of sp³-hybridized carbons (Fsp3) is 0.368. The highest BCUT2D eigenvalue weighted by Crippen LogP contribution is 2.40. The van der Waals surface area contributed by atoms with E-state index < -0.39 is 27.4 Å². The van der Waals surface area contributed by atoms with E-state index in [0.717, 1.165) is 23.8 Å². The number of sulfonamides is 1. The van der Waals surface area contributed by atoms with Gasteiger partial charge in [-0.05, 0) is 42.3 Å². The first-order chi connectivity index (χ1) is 13.4. The van der Waals surface area contributed by atoms with Crippen LogP contribution >= 0.6 is 11.8 Å². The average Bonchev–Trinajstić information content (AvgIpc) is 2.98. The predicted octanol–water partition coefficient (Wildman–Crippen LogP) is 3.70. The fourth-order valence-electron chi connectivity index (χ4n) is 3.35. The summed E-state index contributed by atoms with van der Waals surface area (Å²) in [5.41, 5.74) is 0.911. The molecule has 0 N–H and O–H groups in total. The second kappa shape index (κ2) is 7.88. The van der Waals surface area contributed by atoms with Crippen molar-refractivity contribution in [2.45, 2.75) is 17.4 Å². The van der Waals surface area contributed by atoms with Gasteiger partial charge in [-0.2, -0.15) is 11.8 Å². The number of hydrogen-bond acceptors (Lipinski definition) is 5. The number of nitrogens with zero attached hydrogens (tertiary/aromatic N) is 1. The molecule has 2 aliphatic heterocycles. The van der Waals surface area contributed by atoms with Crippen LogP contribution in [0.3, 0.4) is 0 Å². The van der Waals surface area contributed by atoms with Gasteiger partial charge in [0, 0.05) is 29.7 Å². The van der Waals surface area contributed by atoms with E-state index in [0.29, 0.717) is 36.8 Å². The third-order valence-electron chi connectivity index (χ3n) is 4.81. The van der Waals surface area contributed by atoms with E-state index in [-0.39, 0.29) is 17.6 Å². The van der Waals surface area contributed by atoms with Crippen molar-refractivity contribution in [3.05, 3.63) is 59.2 Å². The Kier molecular flexibility index (Phi) is 5.48. The van der Waals surface area contributed by atoms with Gasteiger partial charge in [0.1, 0.15) is 11.6 Å². The molecule has 0 saturated carbocycles. The molecule has 2 aromatic carbocycles. The van der Waals surface area contributed by atoms with Gasteiger partial charge in [0.2, 0.25) is 16.8 Å².